The van der Waals surface area contributed by atoms with E-state index in [4.69, 9.17) is 20.2 Å². The molecule has 42 heavy (non-hydrogen) atoms. The van der Waals surface area contributed by atoms with E-state index in [1.807, 2.05) is 0 Å². The van der Waals surface area contributed by atoms with Crippen LogP contribution in [0.5, 0.6) is 0 Å². The van der Waals surface area contributed by atoms with Crippen LogP contribution in [0.1, 0.15) is 56.7 Å². The summed E-state index contributed by atoms with van der Waals surface area (Å²) in [7, 11) is 0. The molecule has 3 N–H and O–H groups in total. The van der Waals surface area contributed by atoms with Gasteiger partial charge in [-0.25, -0.2) is 4.79 Å². The summed E-state index contributed by atoms with van der Waals surface area (Å²) in [5.74, 6) is -0.939. The van der Waals surface area contributed by atoms with E-state index in [9.17, 15) is 19.2 Å². The minimum absolute atomic E-state index is 0.123. The highest BCUT2D eigenvalue weighted by atomic mass is 16.6. The summed E-state index contributed by atoms with van der Waals surface area (Å²) in [6.07, 6.45) is 5.89. The van der Waals surface area contributed by atoms with Crippen LogP contribution in [0.15, 0.2) is 58.5 Å². The van der Waals surface area contributed by atoms with Gasteiger partial charge in [0.1, 0.15) is 6.10 Å². The molecule has 1 aromatic carbocycles. The zero-order chi connectivity index (χ0) is 30.3. The van der Waals surface area contributed by atoms with Crippen molar-refractivity contribution in [3.63, 3.8) is 0 Å². The quantitative estimate of drug-likeness (QED) is 0.370. The molecule has 2 aliphatic rings. The van der Waals surface area contributed by atoms with E-state index in [0.29, 0.717) is 44.6 Å². The van der Waals surface area contributed by atoms with Crippen molar-refractivity contribution in [2.75, 3.05) is 13.2 Å². The molecule has 2 amide bonds. The number of fused-ring (bicyclic) bond motifs is 1. The van der Waals surface area contributed by atoms with Crippen LogP contribution in [0.4, 0.5) is 10.5 Å². The molecular weight excluding hydrogens is 536 g/mol. The van der Waals surface area contributed by atoms with Crippen molar-refractivity contribution in [2.24, 2.45) is 16.1 Å². The van der Waals surface area contributed by atoms with E-state index in [0.717, 1.165) is 23.4 Å². The number of aromatic nitrogens is 1. The standard InChI is InChI=1S/C32H40N4O6/c1-32(2,3)18-23-9-6-8-21-16-24(34-29(21)23)19-36-14-7-10-22(30(36)39)17-27(37)26(11-4-5-12-28(33)38)35-31(40)42-25-13-15-41-20-25/h5-10,12,14,25-26H,4,11,13,15-20H2,1-3H3,(H2,33,38)(H,35,40)/b12-5+/t25?,26-/m0/s1. The molecule has 10 nitrogen and oxygen atoms in total. The Morgan fingerprint density at radius 2 is 2.00 bits per heavy atom. The van der Waals surface area contributed by atoms with Gasteiger partial charge >= 0.3 is 6.09 Å². The summed E-state index contributed by atoms with van der Waals surface area (Å²) in [6, 6.07) is 8.70. The van der Waals surface area contributed by atoms with Crippen LogP contribution >= 0.6 is 0 Å². The number of nitrogens with two attached hydrogens (primary N) is 1. The van der Waals surface area contributed by atoms with Gasteiger partial charge in [0.05, 0.1) is 31.5 Å². The van der Waals surface area contributed by atoms with Gasteiger partial charge in [-0.3, -0.25) is 19.4 Å². The molecule has 3 heterocycles. The number of para-hydroxylation sites is 1. The lowest BCUT2D eigenvalue weighted by Gasteiger charge is -2.19. The van der Waals surface area contributed by atoms with Gasteiger partial charge in [-0.1, -0.05) is 51.1 Å². The first-order chi connectivity index (χ1) is 20.0. The molecule has 224 valence electrons. The molecule has 2 aliphatic heterocycles. The van der Waals surface area contributed by atoms with Crippen molar-refractivity contribution >= 4 is 29.2 Å². The lowest BCUT2D eigenvalue weighted by Crippen LogP contribution is -2.43. The Labute approximate surface area is 246 Å². The number of allylic oxidation sites excluding steroid dienone is 1. The van der Waals surface area contributed by atoms with Crippen LogP contribution in [-0.2, 0) is 44.9 Å². The highest BCUT2D eigenvalue weighted by molar-refractivity contribution is 5.94. The van der Waals surface area contributed by atoms with Crippen LogP contribution in [0.25, 0.3) is 0 Å². The molecule has 1 unspecified atom stereocenters. The fourth-order valence-corrected chi connectivity index (χ4v) is 5.22. The Kier molecular flexibility index (Phi) is 10.1. The highest BCUT2D eigenvalue weighted by Crippen LogP contribution is 2.34. The Morgan fingerprint density at radius 1 is 1.21 bits per heavy atom. The first-order valence-corrected chi connectivity index (χ1v) is 14.4. The zero-order valence-corrected chi connectivity index (χ0v) is 24.6. The second-order valence-electron chi connectivity index (χ2n) is 12.1. The van der Waals surface area contributed by atoms with E-state index in [1.54, 1.807) is 29.0 Å². The fraction of sp³-hybridized carbons (Fsp3) is 0.469. The maximum Gasteiger partial charge on any atom is 0.408 e. The molecule has 0 aliphatic carbocycles. The molecule has 10 heteroatoms. The number of ketones is 1. The first-order valence-electron chi connectivity index (χ1n) is 14.4. The minimum Gasteiger partial charge on any atom is -0.444 e. The SMILES string of the molecule is CC(C)(C)Cc1cccc2c1N=C(Cn1cccc(CC(=O)[C@H](CC/C=C/C(N)=O)NC(=O)OC3CCOC3)c1=O)C2. The molecule has 1 fully saturated rings. The van der Waals surface area contributed by atoms with Gasteiger partial charge in [-0.15, -0.1) is 0 Å². The maximum absolute atomic E-state index is 13.4. The van der Waals surface area contributed by atoms with Gasteiger partial charge in [0.15, 0.2) is 5.78 Å². The van der Waals surface area contributed by atoms with E-state index in [2.05, 4.69) is 44.3 Å². The van der Waals surface area contributed by atoms with Crippen molar-refractivity contribution < 1.29 is 23.9 Å². The molecule has 1 saturated heterocycles. The number of hydrogen-bond acceptors (Lipinski definition) is 7. The van der Waals surface area contributed by atoms with E-state index >= 15 is 0 Å². The number of benzene rings is 1. The fourth-order valence-electron chi connectivity index (χ4n) is 5.22. The normalized spacial score (nSPS) is 17.1. The van der Waals surface area contributed by atoms with Crippen LogP contribution in [0.2, 0.25) is 0 Å². The van der Waals surface area contributed by atoms with E-state index in [1.165, 1.54) is 11.6 Å². The van der Waals surface area contributed by atoms with Crippen molar-refractivity contribution in [3.05, 3.63) is 75.7 Å². The molecule has 2 atom stereocenters. The molecule has 2 aromatic rings. The number of hydrogen-bond donors (Lipinski definition) is 2. The third-order valence-corrected chi connectivity index (χ3v) is 7.15. The van der Waals surface area contributed by atoms with Gasteiger partial charge in [-0.05, 0) is 47.9 Å². The highest BCUT2D eigenvalue weighted by Gasteiger charge is 2.26. The number of carbonyl (C=O) groups is 3. The number of ether oxygens (including phenoxy) is 2. The summed E-state index contributed by atoms with van der Waals surface area (Å²) >= 11 is 0. The summed E-state index contributed by atoms with van der Waals surface area (Å²) in [5.41, 5.74) is 9.55. The Hall–Kier alpha value is -4.05. The Morgan fingerprint density at radius 3 is 2.71 bits per heavy atom. The number of primary amides is 1. The number of amides is 2. The smallest absolute Gasteiger partial charge is 0.408 e. The maximum atomic E-state index is 13.4. The van der Waals surface area contributed by atoms with Crippen molar-refractivity contribution in [1.29, 1.82) is 0 Å². The summed E-state index contributed by atoms with van der Waals surface area (Å²) in [4.78, 5) is 55.2. The number of aliphatic imine (C=N–C) groups is 1. The summed E-state index contributed by atoms with van der Waals surface area (Å²) < 4.78 is 12.2. The molecule has 0 radical (unpaired) electrons. The summed E-state index contributed by atoms with van der Waals surface area (Å²) in [5, 5.41) is 2.63. The monoisotopic (exact) mass is 576 g/mol. The molecule has 1 aromatic heterocycles. The van der Waals surface area contributed by atoms with Gasteiger partial charge < -0.3 is 25.1 Å². The lowest BCUT2D eigenvalue weighted by molar-refractivity contribution is -0.120. The third kappa shape index (κ3) is 8.72. The molecule has 0 spiro atoms. The van der Waals surface area contributed by atoms with E-state index in [-0.39, 0.29) is 35.7 Å². The molecular formula is C32H40N4O6. The number of pyridine rings is 1. The largest absolute Gasteiger partial charge is 0.444 e. The van der Waals surface area contributed by atoms with Crippen LogP contribution in [0, 0.1) is 5.41 Å². The zero-order valence-electron chi connectivity index (χ0n) is 24.6. The lowest BCUT2D eigenvalue weighted by atomic mass is 9.87. The van der Waals surface area contributed by atoms with Crippen molar-refractivity contribution in [3.8, 4) is 0 Å². The van der Waals surface area contributed by atoms with Crippen LogP contribution in [0.3, 0.4) is 0 Å². The number of alkyl carbamates (subject to hydrolysis) is 1. The van der Waals surface area contributed by atoms with E-state index < -0.39 is 18.0 Å². The number of Topliss-reactive ketones (excluding diaryl/α,β-unsaturated/α-hetero) is 1. The minimum atomic E-state index is -0.916. The van der Waals surface area contributed by atoms with Crippen molar-refractivity contribution in [1.82, 2.24) is 9.88 Å². The van der Waals surface area contributed by atoms with Crippen molar-refractivity contribution in [2.45, 2.75) is 78.0 Å². The molecule has 0 bridgehead atoms. The number of nitrogens with zero attached hydrogens (tertiary/aromatic N) is 2. The van der Waals surface area contributed by atoms with Gasteiger partial charge in [0, 0.05) is 36.7 Å². The first kappa shape index (κ1) is 30.9. The Balaban J connectivity index is 1.45. The summed E-state index contributed by atoms with van der Waals surface area (Å²) in [6.45, 7) is 7.73. The second-order valence-corrected chi connectivity index (χ2v) is 12.1. The van der Waals surface area contributed by atoms with Crippen LogP contribution < -0.4 is 16.6 Å². The van der Waals surface area contributed by atoms with Gasteiger partial charge in [-0.2, -0.15) is 0 Å². The molecule has 4 rings (SSSR count). The van der Waals surface area contributed by atoms with Gasteiger partial charge in [0.25, 0.3) is 5.56 Å². The topological polar surface area (TPSA) is 142 Å². The number of carbonyl (C=O) groups excluding carboxylic acids is 3. The number of rotatable bonds is 12. The second kappa shape index (κ2) is 13.7. The average Bonchev–Trinajstić information content (AvgIpc) is 3.57. The predicted molar refractivity (Wildman–Crippen MR) is 160 cm³/mol. The Bertz CT molecular complexity index is 1430. The number of nitrogens with one attached hydrogen (secondary N) is 1. The van der Waals surface area contributed by atoms with Gasteiger partial charge in [0.2, 0.25) is 5.91 Å². The van der Waals surface area contributed by atoms with Crippen LogP contribution in [-0.4, -0.2) is 53.4 Å². The predicted octanol–water partition coefficient (Wildman–Crippen LogP) is 3.58. The molecule has 0 saturated carbocycles. The average molecular weight is 577 g/mol. The third-order valence-electron chi connectivity index (χ3n) is 7.15.